The number of hydrogen-bond donors (Lipinski definition) is 2. The van der Waals surface area contributed by atoms with Crippen molar-refractivity contribution in [3.8, 4) is 5.75 Å². The molecular formula is C14H18F3NO2. The normalized spacial score (nSPS) is 18.2. The largest absolute Gasteiger partial charge is 0.573 e. The van der Waals surface area contributed by atoms with Crippen LogP contribution < -0.4 is 10.1 Å². The molecule has 1 aromatic carbocycles. The lowest BCUT2D eigenvalue weighted by Crippen LogP contribution is -2.33. The van der Waals surface area contributed by atoms with Crippen LogP contribution in [0.2, 0.25) is 0 Å². The summed E-state index contributed by atoms with van der Waals surface area (Å²) in [5, 5.41) is 12.7. The maximum atomic E-state index is 12.4. The Hall–Kier alpha value is -1.27. The molecule has 1 aliphatic rings. The number of benzene rings is 1. The minimum absolute atomic E-state index is 0.242. The summed E-state index contributed by atoms with van der Waals surface area (Å²) in [4.78, 5) is 0. The molecule has 1 aromatic rings. The van der Waals surface area contributed by atoms with E-state index in [0.29, 0.717) is 5.56 Å². The first-order chi connectivity index (χ1) is 9.49. The van der Waals surface area contributed by atoms with Crippen molar-refractivity contribution in [3.63, 3.8) is 0 Å². The van der Waals surface area contributed by atoms with Gasteiger partial charge in [0.15, 0.2) is 0 Å². The lowest BCUT2D eigenvalue weighted by molar-refractivity contribution is -0.275. The van der Waals surface area contributed by atoms with Crippen molar-refractivity contribution >= 4 is 0 Å². The number of aliphatic hydroxyl groups is 1. The zero-order chi connectivity index (χ0) is 14.6. The highest BCUT2D eigenvalue weighted by Gasteiger charge is 2.33. The van der Waals surface area contributed by atoms with Crippen molar-refractivity contribution in [1.82, 2.24) is 5.32 Å². The van der Waals surface area contributed by atoms with Crippen LogP contribution >= 0.6 is 0 Å². The summed E-state index contributed by atoms with van der Waals surface area (Å²) in [5.74, 6) is -0.260. The number of para-hydroxylation sites is 1. The predicted octanol–water partition coefficient (Wildman–Crippen LogP) is 3.15. The third kappa shape index (κ3) is 4.11. The van der Waals surface area contributed by atoms with E-state index in [9.17, 15) is 18.3 Å². The first-order valence-electron chi connectivity index (χ1n) is 6.71. The van der Waals surface area contributed by atoms with E-state index in [2.05, 4.69) is 10.1 Å². The zero-order valence-corrected chi connectivity index (χ0v) is 11.0. The molecule has 0 spiro atoms. The van der Waals surface area contributed by atoms with Gasteiger partial charge in [0.2, 0.25) is 0 Å². The summed E-state index contributed by atoms with van der Waals surface area (Å²) in [6, 6.07) is 5.63. The SMILES string of the molecule is OCC(NC1CCCC1)c1ccccc1OC(F)(F)F. The van der Waals surface area contributed by atoms with Crippen molar-refractivity contribution in [2.75, 3.05) is 6.61 Å². The summed E-state index contributed by atoms with van der Waals surface area (Å²) >= 11 is 0. The lowest BCUT2D eigenvalue weighted by atomic mass is 10.0. The number of ether oxygens (including phenoxy) is 1. The van der Waals surface area contributed by atoms with Crippen LogP contribution in [0.15, 0.2) is 24.3 Å². The van der Waals surface area contributed by atoms with E-state index in [0.717, 1.165) is 25.7 Å². The number of nitrogens with one attached hydrogen (secondary N) is 1. The molecule has 0 heterocycles. The van der Waals surface area contributed by atoms with Crippen molar-refractivity contribution in [1.29, 1.82) is 0 Å². The number of halogens is 3. The molecule has 1 saturated carbocycles. The van der Waals surface area contributed by atoms with Gasteiger partial charge in [-0.3, -0.25) is 0 Å². The number of alkyl halides is 3. The van der Waals surface area contributed by atoms with E-state index < -0.39 is 12.4 Å². The van der Waals surface area contributed by atoms with E-state index in [1.54, 1.807) is 12.1 Å². The van der Waals surface area contributed by atoms with Gasteiger partial charge < -0.3 is 15.2 Å². The summed E-state index contributed by atoms with van der Waals surface area (Å²) in [6.07, 6.45) is -0.548. The van der Waals surface area contributed by atoms with Gasteiger partial charge in [0.25, 0.3) is 0 Å². The second-order valence-corrected chi connectivity index (χ2v) is 4.97. The fourth-order valence-corrected chi connectivity index (χ4v) is 2.60. The molecule has 6 heteroatoms. The van der Waals surface area contributed by atoms with E-state index in [1.807, 2.05) is 0 Å². The van der Waals surface area contributed by atoms with Crippen molar-refractivity contribution in [2.24, 2.45) is 0 Å². The van der Waals surface area contributed by atoms with Crippen molar-refractivity contribution in [3.05, 3.63) is 29.8 Å². The van der Waals surface area contributed by atoms with Crippen LogP contribution in [0.3, 0.4) is 0 Å². The summed E-state index contributed by atoms with van der Waals surface area (Å²) in [6.45, 7) is -0.269. The monoisotopic (exact) mass is 289 g/mol. The van der Waals surface area contributed by atoms with Crippen LogP contribution in [-0.2, 0) is 0 Å². The minimum atomic E-state index is -4.73. The summed E-state index contributed by atoms with van der Waals surface area (Å²) in [5.41, 5.74) is 0.333. The van der Waals surface area contributed by atoms with E-state index in [4.69, 9.17) is 0 Å². The van der Waals surface area contributed by atoms with Gasteiger partial charge in [-0.1, -0.05) is 31.0 Å². The molecule has 1 aliphatic carbocycles. The van der Waals surface area contributed by atoms with Crippen LogP contribution in [0.4, 0.5) is 13.2 Å². The van der Waals surface area contributed by atoms with Crippen LogP contribution in [0.5, 0.6) is 5.75 Å². The maximum absolute atomic E-state index is 12.4. The Kier molecular flexibility index (Phi) is 4.88. The fraction of sp³-hybridized carbons (Fsp3) is 0.571. The second kappa shape index (κ2) is 6.45. The summed E-state index contributed by atoms with van der Waals surface area (Å²) < 4.78 is 41.2. The molecular weight excluding hydrogens is 271 g/mol. The highest BCUT2D eigenvalue weighted by molar-refractivity contribution is 5.36. The van der Waals surface area contributed by atoms with Crippen molar-refractivity contribution in [2.45, 2.75) is 44.1 Å². The van der Waals surface area contributed by atoms with Gasteiger partial charge in [-0.2, -0.15) is 0 Å². The zero-order valence-electron chi connectivity index (χ0n) is 11.0. The highest BCUT2D eigenvalue weighted by atomic mass is 19.4. The van der Waals surface area contributed by atoms with E-state index in [-0.39, 0.29) is 18.4 Å². The molecule has 1 fully saturated rings. The average molecular weight is 289 g/mol. The Morgan fingerprint density at radius 2 is 1.90 bits per heavy atom. The molecule has 0 bridgehead atoms. The molecule has 112 valence electrons. The topological polar surface area (TPSA) is 41.5 Å². The number of aliphatic hydroxyl groups excluding tert-OH is 1. The first-order valence-corrected chi connectivity index (χ1v) is 6.71. The van der Waals surface area contributed by atoms with Gasteiger partial charge in [0.1, 0.15) is 5.75 Å². The Morgan fingerprint density at radius 3 is 2.50 bits per heavy atom. The molecule has 2 rings (SSSR count). The Bertz CT molecular complexity index is 431. The molecule has 3 nitrogen and oxygen atoms in total. The molecule has 1 unspecified atom stereocenters. The van der Waals surface area contributed by atoms with Gasteiger partial charge in [-0.25, -0.2) is 0 Å². The Labute approximate surface area is 115 Å². The molecule has 0 amide bonds. The van der Waals surface area contributed by atoms with Crippen LogP contribution in [0.1, 0.15) is 37.3 Å². The minimum Gasteiger partial charge on any atom is -0.405 e. The Balaban J connectivity index is 2.15. The standard InChI is InChI=1S/C14H18F3NO2/c15-14(16,17)20-13-8-4-3-7-11(13)12(9-19)18-10-5-1-2-6-10/h3-4,7-8,10,12,18-19H,1-2,5-6,9H2. The maximum Gasteiger partial charge on any atom is 0.573 e. The highest BCUT2D eigenvalue weighted by Crippen LogP contribution is 2.31. The lowest BCUT2D eigenvalue weighted by Gasteiger charge is -2.24. The third-order valence-corrected chi connectivity index (χ3v) is 3.49. The van der Waals surface area contributed by atoms with Gasteiger partial charge >= 0.3 is 6.36 Å². The van der Waals surface area contributed by atoms with Gasteiger partial charge in [-0.15, -0.1) is 13.2 Å². The predicted molar refractivity (Wildman–Crippen MR) is 68.3 cm³/mol. The quantitative estimate of drug-likeness (QED) is 0.875. The summed E-state index contributed by atoms with van der Waals surface area (Å²) in [7, 11) is 0. The van der Waals surface area contributed by atoms with Gasteiger partial charge in [-0.05, 0) is 18.9 Å². The molecule has 20 heavy (non-hydrogen) atoms. The smallest absolute Gasteiger partial charge is 0.405 e. The first kappa shape index (κ1) is 15.1. The Morgan fingerprint density at radius 1 is 1.25 bits per heavy atom. The number of rotatable bonds is 5. The molecule has 1 atom stereocenters. The molecule has 2 N–H and O–H groups in total. The van der Waals surface area contributed by atoms with Crippen molar-refractivity contribution < 1.29 is 23.0 Å². The van der Waals surface area contributed by atoms with Gasteiger partial charge in [0.05, 0.1) is 12.6 Å². The van der Waals surface area contributed by atoms with Gasteiger partial charge in [0, 0.05) is 11.6 Å². The molecule has 0 saturated heterocycles. The van der Waals surface area contributed by atoms with Crippen LogP contribution in [0, 0.1) is 0 Å². The van der Waals surface area contributed by atoms with Crippen LogP contribution in [-0.4, -0.2) is 24.1 Å². The number of hydrogen-bond acceptors (Lipinski definition) is 3. The fourth-order valence-electron chi connectivity index (χ4n) is 2.60. The molecule has 0 aromatic heterocycles. The third-order valence-electron chi connectivity index (χ3n) is 3.49. The molecule has 0 aliphatic heterocycles. The van der Waals surface area contributed by atoms with E-state index >= 15 is 0 Å². The second-order valence-electron chi connectivity index (χ2n) is 4.97. The molecule has 0 radical (unpaired) electrons. The van der Waals surface area contributed by atoms with Crippen LogP contribution in [0.25, 0.3) is 0 Å². The average Bonchev–Trinajstić information content (AvgIpc) is 2.88. The van der Waals surface area contributed by atoms with E-state index in [1.165, 1.54) is 12.1 Å².